The number of nitrogens with zero attached hydrogens (tertiary/aromatic N) is 5. The van der Waals surface area contributed by atoms with Crippen molar-refractivity contribution in [3.05, 3.63) is 29.8 Å². The van der Waals surface area contributed by atoms with E-state index >= 15 is 0 Å². The van der Waals surface area contributed by atoms with Gasteiger partial charge in [0.2, 0.25) is 0 Å². The number of pyridine rings is 1. The maximum Gasteiger partial charge on any atom is 0.317 e. The van der Waals surface area contributed by atoms with Crippen molar-refractivity contribution in [2.24, 2.45) is 0 Å². The third-order valence-electron chi connectivity index (χ3n) is 5.85. The second kappa shape index (κ2) is 5.80. The fraction of sp³-hybridized carbons (Fsp3) is 0.474. The van der Waals surface area contributed by atoms with E-state index in [1.165, 1.54) is 5.69 Å². The first kappa shape index (κ1) is 16.3. The second-order valence-corrected chi connectivity index (χ2v) is 7.59. The van der Waals surface area contributed by atoms with Gasteiger partial charge in [-0.1, -0.05) is 0 Å². The standard InChI is InChI=1S/C19H23N7O/c1-3-20-18(27)25-6-4-19(11-25)5-7-26-16(19)9-14(24-26)13-8-15-17(21-10-13)23-12(2)22-15/h8-10H,3-7,11H2,1-2H3,(H,20,27)(H,21,22,23). The van der Waals surface area contributed by atoms with Crippen LogP contribution in [0.4, 0.5) is 4.79 Å². The Morgan fingerprint density at radius 3 is 3.04 bits per heavy atom. The summed E-state index contributed by atoms with van der Waals surface area (Å²) >= 11 is 0. The van der Waals surface area contributed by atoms with Gasteiger partial charge in [0.15, 0.2) is 5.65 Å². The van der Waals surface area contributed by atoms with E-state index in [-0.39, 0.29) is 11.4 Å². The van der Waals surface area contributed by atoms with Gasteiger partial charge in [-0.2, -0.15) is 5.10 Å². The molecule has 2 N–H and O–H groups in total. The molecule has 27 heavy (non-hydrogen) atoms. The number of urea groups is 1. The summed E-state index contributed by atoms with van der Waals surface area (Å²) in [4.78, 5) is 26.2. The molecule has 3 aromatic heterocycles. The van der Waals surface area contributed by atoms with Crippen molar-refractivity contribution in [1.29, 1.82) is 0 Å². The number of amides is 2. The molecule has 5 rings (SSSR count). The maximum atomic E-state index is 12.2. The summed E-state index contributed by atoms with van der Waals surface area (Å²) in [6, 6.07) is 4.28. The van der Waals surface area contributed by atoms with Crippen LogP contribution in [0.2, 0.25) is 0 Å². The lowest BCUT2D eigenvalue weighted by atomic mass is 9.82. The average Bonchev–Trinajstić information content (AvgIpc) is 3.39. The summed E-state index contributed by atoms with van der Waals surface area (Å²) < 4.78 is 2.11. The van der Waals surface area contributed by atoms with E-state index in [2.05, 4.69) is 37.1 Å². The summed E-state index contributed by atoms with van der Waals surface area (Å²) in [5.74, 6) is 0.859. The zero-order valence-electron chi connectivity index (χ0n) is 15.6. The summed E-state index contributed by atoms with van der Waals surface area (Å²) in [6.45, 7) is 7.00. The number of likely N-dealkylation sites (tertiary alicyclic amines) is 1. The SMILES string of the molecule is CCNC(=O)N1CCC2(CCn3nc(-c4cnc5nc(C)[nH]c5c4)cc32)C1. The van der Waals surface area contributed by atoms with Gasteiger partial charge in [0.1, 0.15) is 5.82 Å². The van der Waals surface area contributed by atoms with Crippen LogP contribution in [0.15, 0.2) is 18.3 Å². The molecule has 0 saturated carbocycles. The first-order valence-electron chi connectivity index (χ1n) is 9.52. The minimum Gasteiger partial charge on any atom is -0.341 e. The topological polar surface area (TPSA) is 91.7 Å². The number of hydrogen-bond donors (Lipinski definition) is 2. The predicted molar refractivity (Wildman–Crippen MR) is 101 cm³/mol. The molecule has 2 aliphatic heterocycles. The van der Waals surface area contributed by atoms with Gasteiger partial charge in [-0.25, -0.2) is 14.8 Å². The monoisotopic (exact) mass is 365 g/mol. The van der Waals surface area contributed by atoms with Crippen LogP contribution >= 0.6 is 0 Å². The van der Waals surface area contributed by atoms with Gasteiger partial charge in [0.05, 0.1) is 11.2 Å². The first-order valence-corrected chi connectivity index (χ1v) is 9.52. The van der Waals surface area contributed by atoms with E-state index in [0.717, 1.165) is 60.7 Å². The number of aromatic nitrogens is 5. The molecule has 140 valence electrons. The highest BCUT2D eigenvalue weighted by Gasteiger charge is 2.46. The highest BCUT2D eigenvalue weighted by molar-refractivity contribution is 5.77. The molecule has 1 unspecified atom stereocenters. The van der Waals surface area contributed by atoms with Crippen molar-refractivity contribution in [2.45, 2.75) is 38.6 Å². The molecule has 0 bridgehead atoms. The molecule has 5 heterocycles. The smallest absolute Gasteiger partial charge is 0.317 e. The van der Waals surface area contributed by atoms with Gasteiger partial charge >= 0.3 is 6.03 Å². The van der Waals surface area contributed by atoms with Crippen molar-refractivity contribution in [1.82, 2.24) is 34.9 Å². The largest absolute Gasteiger partial charge is 0.341 e. The lowest BCUT2D eigenvalue weighted by Gasteiger charge is -2.23. The number of rotatable bonds is 2. The molecule has 1 saturated heterocycles. The van der Waals surface area contributed by atoms with Gasteiger partial charge in [-0.3, -0.25) is 4.68 Å². The van der Waals surface area contributed by atoms with Gasteiger partial charge in [-0.05, 0) is 38.8 Å². The van der Waals surface area contributed by atoms with E-state index in [0.29, 0.717) is 6.54 Å². The Bertz CT molecular complexity index is 1040. The Morgan fingerprint density at radius 1 is 1.33 bits per heavy atom. The molecule has 3 aromatic rings. The van der Waals surface area contributed by atoms with Crippen molar-refractivity contribution in [2.75, 3.05) is 19.6 Å². The normalized spacial score (nSPS) is 21.3. The van der Waals surface area contributed by atoms with E-state index in [4.69, 9.17) is 5.10 Å². The summed E-state index contributed by atoms with van der Waals surface area (Å²) in [5, 5.41) is 7.74. The summed E-state index contributed by atoms with van der Waals surface area (Å²) in [6.07, 6.45) is 3.87. The Hall–Kier alpha value is -2.90. The lowest BCUT2D eigenvalue weighted by molar-refractivity contribution is 0.206. The Labute approximate surface area is 157 Å². The zero-order chi connectivity index (χ0) is 18.6. The quantitative estimate of drug-likeness (QED) is 0.728. The Balaban J connectivity index is 1.46. The minimum atomic E-state index is 0.0262. The fourth-order valence-electron chi connectivity index (χ4n) is 4.49. The number of imidazole rings is 1. The molecular weight excluding hydrogens is 342 g/mol. The molecular formula is C19H23N7O. The van der Waals surface area contributed by atoms with Crippen LogP contribution in [0.1, 0.15) is 31.3 Å². The van der Waals surface area contributed by atoms with Crippen LogP contribution in [0.25, 0.3) is 22.4 Å². The molecule has 1 atom stereocenters. The number of carbonyl (C=O) groups is 1. The van der Waals surface area contributed by atoms with Gasteiger partial charge in [-0.15, -0.1) is 0 Å². The third kappa shape index (κ3) is 2.50. The van der Waals surface area contributed by atoms with E-state index in [1.807, 2.05) is 24.9 Å². The zero-order valence-corrected chi connectivity index (χ0v) is 15.6. The fourth-order valence-corrected chi connectivity index (χ4v) is 4.49. The number of aromatic amines is 1. The molecule has 0 radical (unpaired) electrons. The maximum absolute atomic E-state index is 12.2. The first-order chi connectivity index (χ1) is 13.1. The van der Waals surface area contributed by atoms with Crippen molar-refractivity contribution in [3.8, 4) is 11.3 Å². The number of H-pyrrole nitrogens is 1. The van der Waals surface area contributed by atoms with Crippen LogP contribution < -0.4 is 5.32 Å². The second-order valence-electron chi connectivity index (χ2n) is 7.59. The van der Waals surface area contributed by atoms with Crippen LogP contribution in [-0.4, -0.2) is 55.3 Å². The molecule has 0 aromatic carbocycles. The average molecular weight is 365 g/mol. The molecule has 0 aliphatic carbocycles. The number of hydrogen-bond acceptors (Lipinski definition) is 4. The van der Waals surface area contributed by atoms with Crippen molar-refractivity contribution < 1.29 is 4.79 Å². The van der Waals surface area contributed by atoms with Crippen molar-refractivity contribution >= 4 is 17.2 Å². The molecule has 1 spiro atoms. The molecule has 8 nitrogen and oxygen atoms in total. The highest BCUT2D eigenvalue weighted by Crippen LogP contribution is 2.43. The lowest BCUT2D eigenvalue weighted by Crippen LogP contribution is -2.40. The van der Waals surface area contributed by atoms with Gasteiger partial charge in [0, 0.05) is 49.0 Å². The predicted octanol–water partition coefficient (Wildman–Crippen LogP) is 2.21. The van der Waals surface area contributed by atoms with E-state index in [1.54, 1.807) is 0 Å². The third-order valence-corrected chi connectivity index (χ3v) is 5.85. The minimum absolute atomic E-state index is 0.0262. The van der Waals surface area contributed by atoms with Gasteiger partial charge < -0.3 is 15.2 Å². The van der Waals surface area contributed by atoms with Crippen LogP contribution in [0, 0.1) is 6.92 Å². The van der Waals surface area contributed by atoms with Crippen LogP contribution in [0.5, 0.6) is 0 Å². The van der Waals surface area contributed by atoms with Gasteiger partial charge in [0.25, 0.3) is 0 Å². The summed E-state index contributed by atoms with van der Waals surface area (Å²) in [5.41, 5.74) is 4.84. The molecule has 1 fully saturated rings. The van der Waals surface area contributed by atoms with E-state index < -0.39 is 0 Å². The van der Waals surface area contributed by atoms with E-state index in [9.17, 15) is 4.79 Å². The number of aryl methyl sites for hydroxylation is 2. The number of nitrogens with one attached hydrogen (secondary N) is 2. The van der Waals surface area contributed by atoms with Crippen molar-refractivity contribution in [3.63, 3.8) is 0 Å². The number of carbonyl (C=O) groups excluding carboxylic acids is 1. The Morgan fingerprint density at radius 2 is 2.19 bits per heavy atom. The number of fused-ring (bicyclic) bond motifs is 3. The molecule has 8 heteroatoms. The van der Waals surface area contributed by atoms with Crippen LogP contribution in [-0.2, 0) is 12.0 Å². The summed E-state index contributed by atoms with van der Waals surface area (Å²) in [7, 11) is 0. The Kier molecular flexibility index (Phi) is 3.50. The molecule has 2 aliphatic rings. The van der Waals surface area contributed by atoms with Crippen LogP contribution in [0.3, 0.4) is 0 Å². The highest BCUT2D eigenvalue weighted by atomic mass is 16.2. The molecule has 2 amide bonds.